The van der Waals surface area contributed by atoms with Crippen LogP contribution in [0.1, 0.15) is 12.2 Å². The second-order valence-electron chi connectivity index (χ2n) is 3.83. The van der Waals surface area contributed by atoms with E-state index in [1.807, 2.05) is 30.3 Å². The second kappa shape index (κ2) is 7.67. The molecule has 1 aromatic carbocycles. The van der Waals surface area contributed by atoms with Crippen molar-refractivity contribution < 1.29 is 9.21 Å². The highest BCUT2D eigenvalue weighted by Crippen LogP contribution is 2.35. The van der Waals surface area contributed by atoms with Crippen LogP contribution in [0.15, 0.2) is 60.4 Å². The summed E-state index contributed by atoms with van der Waals surface area (Å²) in [7, 11) is 0. The highest BCUT2D eigenvalue weighted by Gasteiger charge is 2.09. The quantitative estimate of drug-likeness (QED) is 0.650. The second-order valence-corrected chi connectivity index (χ2v) is 5.73. The third kappa shape index (κ3) is 4.77. The van der Waals surface area contributed by atoms with Gasteiger partial charge >= 0.3 is 0 Å². The fourth-order valence-electron chi connectivity index (χ4n) is 1.38. The molecule has 7 heteroatoms. The van der Waals surface area contributed by atoms with Crippen LogP contribution in [-0.2, 0) is 4.79 Å². The maximum atomic E-state index is 11.1. The molecule has 2 rings (SSSR count). The van der Waals surface area contributed by atoms with E-state index in [4.69, 9.17) is 9.68 Å². The summed E-state index contributed by atoms with van der Waals surface area (Å²) < 4.78 is 6.42. The number of amides is 1. The van der Waals surface area contributed by atoms with Gasteiger partial charge in [-0.3, -0.25) is 4.79 Å². The minimum Gasteiger partial charge on any atom is -0.447 e. The van der Waals surface area contributed by atoms with Gasteiger partial charge in [-0.1, -0.05) is 30.0 Å². The van der Waals surface area contributed by atoms with E-state index in [9.17, 15) is 4.79 Å². The van der Waals surface area contributed by atoms with Crippen LogP contribution in [0.4, 0.5) is 0 Å². The van der Waals surface area contributed by atoms with E-state index in [1.54, 1.807) is 12.1 Å². The minimum atomic E-state index is -0.460. The number of furan rings is 1. The first-order chi connectivity index (χ1) is 10.2. The molecule has 0 saturated heterocycles. The number of rotatable bonds is 5. The molecule has 0 radical (unpaired) electrons. The van der Waals surface area contributed by atoms with Crippen molar-refractivity contribution in [2.45, 2.75) is 16.4 Å². The van der Waals surface area contributed by atoms with E-state index in [2.05, 4.69) is 26.5 Å². The molecular weight excluding hydrogens is 354 g/mol. The molecule has 0 spiro atoms. The van der Waals surface area contributed by atoms with Crippen molar-refractivity contribution in [1.29, 1.82) is 5.26 Å². The van der Waals surface area contributed by atoms with Crippen LogP contribution in [0.5, 0.6) is 0 Å². The molecule has 1 heterocycles. The molecule has 0 aliphatic rings. The Morgan fingerprint density at radius 3 is 2.95 bits per heavy atom. The van der Waals surface area contributed by atoms with Crippen molar-refractivity contribution >= 4 is 39.8 Å². The Morgan fingerprint density at radius 1 is 1.48 bits per heavy atom. The van der Waals surface area contributed by atoms with Crippen molar-refractivity contribution in [1.82, 2.24) is 5.43 Å². The number of hydrazone groups is 1. The summed E-state index contributed by atoms with van der Waals surface area (Å²) in [6.45, 7) is 0. The van der Waals surface area contributed by atoms with E-state index < -0.39 is 5.91 Å². The van der Waals surface area contributed by atoms with Crippen LogP contribution in [0.25, 0.3) is 0 Å². The first-order valence-corrected chi connectivity index (χ1v) is 7.51. The van der Waals surface area contributed by atoms with Gasteiger partial charge in [0.25, 0.3) is 5.91 Å². The lowest BCUT2D eigenvalue weighted by atomic mass is 10.4. The zero-order valence-corrected chi connectivity index (χ0v) is 13.1. The molecule has 0 aliphatic heterocycles. The number of nitrogens with one attached hydrogen (secondary N) is 1. The van der Waals surface area contributed by atoms with Gasteiger partial charge in [0.1, 0.15) is 12.2 Å². The van der Waals surface area contributed by atoms with E-state index >= 15 is 0 Å². The van der Waals surface area contributed by atoms with Gasteiger partial charge in [0.2, 0.25) is 0 Å². The summed E-state index contributed by atoms with van der Waals surface area (Å²) in [4.78, 5) is 12.1. The van der Waals surface area contributed by atoms with Gasteiger partial charge < -0.3 is 4.42 Å². The first-order valence-electron chi connectivity index (χ1n) is 5.90. The molecule has 0 saturated carbocycles. The lowest BCUT2D eigenvalue weighted by molar-refractivity contribution is -0.120. The number of nitrogens with zero attached hydrogens (tertiary/aromatic N) is 2. The molecule has 21 heavy (non-hydrogen) atoms. The molecule has 1 N–H and O–H groups in total. The predicted molar refractivity (Wildman–Crippen MR) is 82.9 cm³/mol. The summed E-state index contributed by atoms with van der Waals surface area (Å²) in [5.74, 6) is 0.0378. The standard InChI is InChI=1S/C14H10BrN3O2S/c15-12-8-10(9-17-18-13(19)6-7-16)20-14(12)21-11-4-2-1-3-5-11/h1-5,8-9H,6H2,(H,18,19)/b17-9-. The molecule has 0 bridgehead atoms. The Hall–Kier alpha value is -2.04. The van der Waals surface area contributed by atoms with Crippen LogP contribution in [0.2, 0.25) is 0 Å². The number of halogens is 1. The van der Waals surface area contributed by atoms with Crippen LogP contribution in [0.3, 0.4) is 0 Å². The van der Waals surface area contributed by atoms with Gasteiger partial charge in [0.15, 0.2) is 5.09 Å². The van der Waals surface area contributed by atoms with Crippen LogP contribution >= 0.6 is 27.7 Å². The molecule has 0 unspecified atom stereocenters. The van der Waals surface area contributed by atoms with Crippen molar-refractivity contribution in [2.24, 2.45) is 5.10 Å². The van der Waals surface area contributed by atoms with Gasteiger partial charge in [-0.05, 0) is 28.1 Å². The maximum Gasteiger partial charge on any atom is 0.254 e. The Balaban J connectivity index is 2.01. The SMILES string of the molecule is N#CCC(=O)N/N=C\c1cc(Br)c(Sc2ccccc2)o1. The number of carbonyl (C=O) groups excluding carboxylic acids is 1. The lowest BCUT2D eigenvalue weighted by Gasteiger charge is -1.97. The van der Waals surface area contributed by atoms with Gasteiger partial charge in [0, 0.05) is 11.0 Å². The average Bonchev–Trinajstić information content (AvgIpc) is 2.80. The molecule has 2 aromatic rings. The molecule has 0 atom stereocenters. The zero-order chi connectivity index (χ0) is 15.1. The monoisotopic (exact) mass is 363 g/mol. The highest BCUT2D eigenvalue weighted by molar-refractivity contribution is 9.10. The van der Waals surface area contributed by atoms with Crippen LogP contribution < -0.4 is 5.43 Å². The largest absolute Gasteiger partial charge is 0.447 e. The predicted octanol–water partition coefficient (Wildman–Crippen LogP) is 3.56. The number of benzene rings is 1. The molecule has 5 nitrogen and oxygen atoms in total. The fraction of sp³-hybridized carbons (Fsp3) is 0.0714. The van der Waals surface area contributed by atoms with E-state index in [1.165, 1.54) is 18.0 Å². The molecule has 1 aromatic heterocycles. The van der Waals surface area contributed by atoms with Crippen molar-refractivity contribution in [3.05, 3.63) is 46.6 Å². The Morgan fingerprint density at radius 2 is 2.24 bits per heavy atom. The average molecular weight is 364 g/mol. The number of hydrogen-bond donors (Lipinski definition) is 1. The van der Waals surface area contributed by atoms with Gasteiger partial charge in [-0.25, -0.2) is 5.43 Å². The zero-order valence-electron chi connectivity index (χ0n) is 10.7. The summed E-state index contributed by atoms with van der Waals surface area (Å²) in [5, 5.41) is 12.8. The summed E-state index contributed by atoms with van der Waals surface area (Å²) in [6.07, 6.45) is 1.16. The fourth-order valence-corrected chi connectivity index (χ4v) is 2.73. The number of hydrogen-bond acceptors (Lipinski definition) is 5. The molecule has 106 valence electrons. The van der Waals surface area contributed by atoms with Crippen molar-refractivity contribution in [2.75, 3.05) is 0 Å². The van der Waals surface area contributed by atoms with E-state index in [0.29, 0.717) is 10.9 Å². The summed E-state index contributed by atoms with van der Waals surface area (Å²) >= 11 is 4.89. The molecule has 0 fully saturated rings. The van der Waals surface area contributed by atoms with Crippen LogP contribution in [-0.4, -0.2) is 12.1 Å². The topological polar surface area (TPSA) is 78.4 Å². The summed E-state index contributed by atoms with van der Waals surface area (Å²) in [5.41, 5.74) is 2.24. The van der Waals surface area contributed by atoms with Gasteiger partial charge in [-0.2, -0.15) is 10.4 Å². The Kier molecular flexibility index (Phi) is 5.60. The first kappa shape index (κ1) is 15.4. The Bertz CT molecular complexity index is 692. The normalized spacial score (nSPS) is 10.5. The maximum absolute atomic E-state index is 11.1. The van der Waals surface area contributed by atoms with Gasteiger partial charge in [0.05, 0.1) is 16.8 Å². The lowest BCUT2D eigenvalue weighted by Crippen LogP contribution is -2.15. The van der Waals surface area contributed by atoms with Crippen molar-refractivity contribution in [3.63, 3.8) is 0 Å². The van der Waals surface area contributed by atoms with Crippen molar-refractivity contribution in [3.8, 4) is 6.07 Å². The summed E-state index contributed by atoms with van der Waals surface area (Å²) in [6, 6.07) is 13.3. The van der Waals surface area contributed by atoms with Crippen LogP contribution in [0, 0.1) is 11.3 Å². The number of carbonyl (C=O) groups is 1. The molecule has 0 aliphatic carbocycles. The molecule has 1 amide bonds. The Labute approximate surface area is 134 Å². The van der Waals surface area contributed by atoms with E-state index in [-0.39, 0.29) is 6.42 Å². The third-order valence-corrected chi connectivity index (χ3v) is 4.10. The minimum absolute atomic E-state index is 0.228. The third-order valence-electron chi connectivity index (χ3n) is 2.25. The highest BCUT2D eigenvalue weighted by atomic mass is 79.9. The molecular formula is C14H10BrN3O2S. The number of nitriles is 1. The van der Waals surface area contributed by atoms with E-state index in [0.717, 1.165) is 9.37 Å². The van der Waals surface area contributed by atoms with Gasteiger partial charge in [-0.15, -0.1) is 0 Å². The smallest absolute Gasteiger partial charge is 0.254 e.